The lowest BCUT2D eigenvalue weighted by Crippen LogP contribution is -2.19. The molecule has 4 heteroatoms. The molecule has 0 radical (unpaired) electrons. The van der Waals surface area contributed by atoms with E-state index in [1.54, 1.807) is 0 Å². The number of nitrogens with zero attached hydrogens (tertiary/aromatic N) is 2. The molecule has 2 N–H and O–H groups in total. The van der Waals surface area contributed by atoms with Gasteiger partial charge in [0.15, 0.2) is 5.82 Å². The lowest BCUT2D eigenvalue weighted by atomic mass is 10.00. The summed E-state index contributed by atoms with van der Waals surface area (Å²) in [4.78, 5) is 4.19. The van der Waals surface area contributed by atoms with E-state index >= 15 is 0 Å². The summed E-state index contributed by atoms with van der Waals surface area (Å²) in [6, 6.07) is -0.103. The zero-order valence-electron chi connectivity index (χ0n) is 8.45. The summed E-state index contributed by atoms with van der Waals surface area (Å²) in [5.41, 5.74) is 5.93. The van der Waals surface area contributed by atoms with E-state index < -0.39 is 0 Å². The maximum atomic E-state index is 5.93. The summed E-state index contributed by atoms with van der Waals surface area (Å²) in [7, 11) is 0. The smallest absolute Gasteiger partial charge is 0.226 e. The molecule has 1 aromatic heterocycles. The third kappa shape index (κ3) is 2.28. The SMILES string of the molecule is CCc1nc(C(N)C(C)CC)no1. The van der Waals surface area contributed by atoms with E-state index in [1.165, 1.54) is 0 Å². The van der Waals surface area contributed by atoms with Gasteiger partial charge in [0, 0.05) is 6.42 Å². The van der Waals surface area contributed by atoms with E-state index in [2.05, 4.69) is 24.0 Å². The van der Waals surface area contributed by atoms with E-state index in [-0.39, 0.29) is 6.04 Å². The Labute approximate surface area is 78.5 Å². The van der Waals surface area contributed by atoms with Crippen LogP contribution in [0.5, 0.6) is 0 Å². The van der Waals surface area contributed by atoms with Gasteiger partial charge in [-0.05, 0) is 5.92 Å². The Morgan fingerprint density at radius 2 is 2.15 bits per heavy atom. The molecule has 0 aliphatic rings. The molecule has 2 unspecified atom stereocenters. The van der Waals surface area contributed by atoms with Crippen LogP contribution in [0, 0.1) is 5.92 Å². The number of rotatable bonds is 4. The topological polar surface area (TPSA) is 64.9 Å². The molecule has 0 aliphatic carbocycles. The summed E-state index contributed by atoms with van der Waals surface area (Å²) in [6.45, 7) is 6.17. The molecule has 0 saturated heterocycles. The van der Waals surface area contributed by atoms with Crippen LogP contribution in [0.2, 0.25) is 0 Å². The van der Waals surface area contributed by atoms with Crippen LogP contribution in [0.15, 0.2) is 4.52 Å². The van der Waals surface area contributed by atoms with Crippen LogP contribution in [-0.2, 0) is 6.42 Å². The standard InChI is InChI=1S/C9H17N3O/c1-4-6(3)8(10)9-11-7(5-2)13-12-9/h6,8H,4-5,10H2,1-3H3. The van der Waals surface area contributed by atoms with Gasteiger partial charge in [-0.25, -0.2) is 0 Å². The van der Waals surface area contributed by atoms with Crippen LogP contribution in [0.1, 0.15) is 44.9 Å². The number of hydrogen-bond donors (Lipinski definition) is 1. The van der Waals surface area contributed by atoms with E-state index in [1.807, 2.05) is 6.92 Å². The Balaban J connectivity index is 2.70. The lowest BCUT2D eigenvalue weighted by Gasteiger charge is -2.13. The Kier molecular flexibility index (Phi) is 3.42. The molecular weight excluding hydrogens is 166 g/mol. The largest absolute Gasteiger partial charge is 0.339 e. The van der Waals surface area contributed by atoms with Crippen LogP contribution in [-0.4, -0.2) is 10.1 Å². The molecular formula is C9H17N3O. The summed E-state index contributed by atoms with van der Waals surface area (Å²) >= 11 is 0. The van der Waals surface area contributed by atoms with Crippen molar-refractivity contribution in [1.29, 1.82) is 0 Å². The first kappa shape index (κ1) is 10.2. The average Bonchev–Trinajstić information content (AvgIpc) is 2.63. The molecule has 1 rings (SSSR count). The van der Waals surface area contributed by atoms with Crippen molar-refractivity contribution in [3.8, 4) is 0 Å². The van der Waals surface area contributed by atoms with Gasteiger partial charge in [-0.1, -0.05) is 32.3 Å². The van der Waals surface area contributed by atoms with E-state index in [0.717, 1.165) is 12.8 Å². The highest BCUT2D eigenvalue weighted by Crippen LogP contribution is 2.18. The van der Waals surface area contributed by atoms with Crippen molar-refractivity contribution in [1.82, 2.24) is 10.1 Å². The molecule has 0 amide bonds. The van der Waals surface area contributed by atoms with Crippen molar-refractivity contribution < 1.29 is 4.52 Å². The fourth-order valence-electron chi connectivity index (χ4n) is 1.06. The van der Waals surface area contributed by atoms with Crippen molar-refractivity contribution in [2.24, 2.45) is 11.7 Å². The second-order valence-electron chi connectivity index (χ2n) is 3.31. The summed E-state index contributed by atoms with van der Waals surface area (Å²) in [5.74, 6) is 1.68. The number of aryl methyl sites for hydroxylation is 1. The lowest BCUT2D eigenvalue weighted by molar-refractivity contribution is 0.360. The summed E-state index contributed by atoms with van der Waals surface area (Å²) < 4.78 is 4.99. The first-order valence-electron chi connectivity index (χ1n) is 4.77. The fourth-order valence-corrected chi connectivity index (χ4v) is 1.06. The second-order valence-corrected chi connectivity index (χ2v) is 3.31. The third-order valence-corrected chi connectivity index (χ3v) is 2.34. The molecule has 13 heavy (non-hydrogen) atoms. The molecule has 2 atom stereocenters. The van der Waals surface area contributed by atoms with Gasteiger partial charge in [0.1, 0.15) is 0 Å². The fraction of sp³-hybridized carbons (Fsp3) is 0.778. The van der Waals surface area contributed by atoms with Gasteiger partial charge < -0.3 is 10.3 Å². The zero-order chi connectivity index (χ0) is 9.84. The molecule has 0 aromatic carbocycles. The van der Waals surface area contributed by atoms with E-state index in [0.29, 0.717) is 17.6 Å². The van der Waals surface area contributed by atoms with Gasteiger partial charge in [-0.15, -0.1) is 0 Å². The second kappa shape index (κ2) is 4.37. The Hall–Kier alpha value is -0.900. The highest BCUT2D eigenvalue weighted by molar-refractivity contribution is 4.94. The Bertz CT molecular complexity index is 259. The van der Waals surface area contributed by atoms with Gasteiger partial charge in [-0.2, -0.15) is 4.98 Å². The van der Waals surface area contributed by atoms with Gasteiger partial charge in [0.2, 0.25) is 5.89 Å². The molecule has 74 valence electrons. The van der Waals surface area contributed by atoms with Gasteiger partial charge in [0.05, 0.1) is 6.04 Å². The van der Waals surface area contributed by atoms with Crippen LogP contribution in [0.3, 0.4) is 0 Å². The molecule has 0 spiro atoms. The van der Waals surface area contributed by atoms with Crippen molar-refractivity contribution >= 4 is 0 Å². The quantitative estimate of drug-likeness (QED) is 0.771. The third-order valence-electron chi connectivity index (χ3n) is 2.34. The highest BCUT2D eigenvalue weighted by Gasteiger charge is 2.18. The van der Waals surface area contributed by atoms with Gasteiger partial charge in [-0.3, -0.25) is 0 Å². The van der Waals surface area contributed by atoms with Crippen molar-refractivity contribution in [2.75, 3.05) is 0 Å². The maximum absolute atomic E-state index is 5.93. The molecule has 1 aromatic rings. The monoisotopic (exact) mass is 183 g/mol. The minimum absolute atomic E-state index is 0.103. The van der Waals surface area contributed by atoms with Crippen LogP contribution < -0.4 is 5.73 Å². The van der Waals surface area contributed by atoms with Crippen LogP contribution >= 0.6 is 0 Å². The van der Waals surface area contributed by atoms with Crippen LogP contribution in [0.4, 0.5) is 0 Å². The van der Waals surface area contributed by atoms with E-state index in [4.69, 9.17) is 10.3 Å². The van der Waals surface area contributed by atoms with E-state index in [9.17, 15) is 0 Å². The first-order chi connectivity index (χ1) is 6.19. The Morgan fingerprint density at radius 1 is 1.46 bits per heavy atom. The van der Waals surface area contributed by atoms with Crippen molar-refractivity contribution in [2.45, 2.75) is 39.7 Å². The van der Waals surface area contributed by atoms with Crippen molar-refractivity contribution in [3.63, 3.8) is 0 Å². The van der Waals surface area contributed by atoms with Gasteiger partial charge >= 0.3 is 0 Å². The minimum atomic E-state index is -0.103. The molecule has 4 nitrogen and oxygen atoms in total. The number of aromatic nitrogens is 2. The first-order valence-corrected chi connectivity index (χ1v) is 4.77. The van der Waals surface area contributed by atoms with Crippen molar-refractivity contribution in [3.05, 3.63) is 11.7 Å². The maximum Gasteiger partial charge on any atom is 0.226 e. The normalized spacial score (nSPS) is 15.7. The summed E-state index contributed by atoms with van der Waals surface area (Å²) in [6.07, 6.45) is 1.79. The Morgan fingerprint density at radius 3 is 2.62 bits per heavy atom. The van der Waals surface area contributed by atoms with Crippen LogP contribution in [0.25, 0.3) is 0 Å². The average molecular weight is 183 g/mol. The molecule has 0 fully saturated rings. The zero-order valence-corrected chi connectivity index (χ0v) is 8.45. The predicted molar refractivity (Wildman–Crippen MR) is 50.1 cm³/mol. The van der Waals surface area contributed by atoms with Gasteiger partial charge in [0.25, 0.3) is 0 Å². The number of nitrogens with two attached hydrogens (primary N) is 1. The molecule has 1 heterocycles. The molecule has 0 saturated carbocycles. The highest BCUT2D eigenvalue weighted by atomic mass is 16.5. The molecule has 0 aliphatic heterocycles. The minimum Gasteiger partial charge on any atom is -0.339 e. The number of hydrogen-bond acceptors (Lipinski definition) is 4. The summed E-state index contributed by atoms with van der Waals surface area (Å²) in [5, 5.41) is 3.84. The predicted octanol–water partition coefficient (Wildman–Crippen LogP) is 1.68. The molecule has 0 bridgehead atoms.